The molecule has 0 bridgehead atoms. The molecule has 0 aliphatic carbocycles. The molecule has 3 rings (SSSR count). The van der Waals surface area contributed by atoms with Crippen molar-refractivity contribution in [2.45, 2.75) is 23.7 Å². The molecule has 0 amide bonds. The first-order chi connectivity index (χ1) is 17.6. The Kier molecular flexibility index (Phi) is 9.38. The van der Waals surface area contributed by atoms with Gasteiger partial charge in [0.15, 0.2) is 0 Å². The number of benzene rings is 3. The zero-order valence-corrected chi connectivity index (χ0v) is 23.2. The van der Waals surface area contributed by atoms with E-state index in [9.17, 15) is 8.42 Å². The minimum Gasteiger partial charge on any atom is -0.497 e. The Morgan fingerprint density at radius 3 is 1.59 bits per heavy atom. The molecule has 0 aliphatic rings. The van der Waals surface area contributed by atoms with Crippen LogP contribution in [0.3, 0.4) is 0 Å². The molecule has 200 valence electrons. The molecule has 0 radical (unpaired) electrons. The Morgan fingerprint density at radius 2 is 1.22 bits per heavy atom. The van der Waals surface area contributed by atoms with Crippen LogP contribution in [0.15, 0.2) is 60.7 Å². The monoisotopic (exact) mass is 599 g/mol. The molecule has 0 heterocycles. The van der Waals surface area contributed by atoms with Crippen LogP contribution < -0.4 is 18.9 Å². The van der Waals surface area contributed by atoms with Gasteiger partial charge in [0.1, 0.15) is 23.0 Å². The summed E-state index contributed by atoms with van der Waals surface area (Å²) in [4.78, 5) is 0. The van der Waals surface area contributed by atoms with E-state index in [1.165, 1.54) is 40.6 Å². The van der Waals surface area contributed by atoms with Crippen molar-refractivity contribution in [2.24, 2.45) is 0 Å². The summed E-state index contributed by atoms with van der Waals surface area (Å²) in [6.45, 7) is -0.778. The second-order valence-electron chi connectivity index (χ2n) is 7.98. The molecule has 0 aromatic heterocycles. The first-order valence-electron chi connectivity index (χ1n) is 11.1. The molecular formula is C26H28BrF2NO6S. The molecule has 3 aromatic carbocycles. The summed E-state index contributed by atoms with van der Waals surface area (Å²) in [5.74, 6) is 1.55. The highest BCUT2D eigenvalue weighted by Gasteiger charge is 2.50. The van der Waals surface area contributed by atoms with Gasteiger partial charge in [-0.1, -0.05) is 52.3 Å². The van der Waals surface area contributed by atoms with Crippen molar-refractivity contribution in [2.75, 3.05) is 28.4 Å². The standard InChI is InChI=1S/C26H28BrF2NO6S/c1-33-22-11-7-19(24(13-22)35-3)16-30(17-20-8-12-23(34-2)14-25(20)36-4)37(31,32)26(28,29)21-9-5-18(15-27)6-10-21/h5-14H,15-17H2,1-4H3. The Labute approximate surface area is 224 Å². The van der Waals surface area contributed by atoms with Crippen molar-refractivity contribution < 1.29 is 36.1 Å². The van der Waals surface area contributed by atoms with E-state index < -0.39 is 20.8 Å². The maximum absolute atomic E-state index is 15.7. The summed E-state index contributed by atoms with van der Waals surface area (Å²) in [5, 5.41) is -3.76. The number of methoxy groups -OCH3 is 4. The largest absolute Gasteiger partial charge is 0.497 e. The summed E-state index contributed by atoms with van der Waals surface area (Å²) in [6.07, 6.45) is 0. The molecular weight excluding hydrogens is 572 g/mol. The summed E-state index contributed by atoms with van der Waals surface area (Å²) < 4.78 is 80.5. The Hall–Kier alpha value is -2.89. The van der Waals surface area contributed by atoms with E-state index in [-0.39, 0.29) is 13.1 Å². The van der Waals surface area contributed by atoms with Crippen LogP contribution in [-0.2, 0) is 33.7 Å². The van der Waals surface area contributed by atoms with Crippen molar-refractivity contribution in [3.63, 3.8) is 0 Å². The van der Waals surface area contributed by atoms with Gasteiger partial charge in [-0.05, 0) is 17.7 Å². The number of halogens is 3. The fourth-order valence-corrected chi connectivity index (χ4v) is 5.42. The topological polar surface area (TPSA) is 74.3 Å². The first kappa shape index (κ1) is 28.7. The average Bonchev–Trinajstić information content (AvgIpc) is 2.92. The van der Waals surface area contributed by atoms with Gasteiger partial charge >= 0.3 is 5.25 Å². The molecule has 3 aromatic rings. The summed E-state index contributed by atoms with van der Waals surface area (Å²) >= 11 is 3.26. The number of alkyl halides is 3. The second-order valence-corrected chi connectivity index (χ2v) is 10.5. The van der Waals surface area contributed by atoms with Crippen LogP contribution in [0, 0.1) is 0 Å². The molecule has 0 saturated heterocycles. The highest BCUT2D eigenvalue weighted by atomic mass is 79.9. The molecule has 0 unspecified atom stereocenters. The summed E-state index contributed by atoms with van der Waals surface area (Å²) in [7, 11) is 0.526. The first-order valence-corrected chi connectivity index (χ1v) is 13.6. The van der Waals surface area contributed by atoms with Crippen LogP contribution in [-0.4, -0.2) is 41.2 Å². The number of ether oxygens (including phenoxy) is 4. The zero-order valence-electron chi connectivity index (χ0n) is 20.8. The normalized spacial score (nSPS) is 11.9. The fourth-order valence-electron chi connectivity index (χ4n) is 3.67. The van der Waals surface area contributed by atoms with Gasteiger partial charge in [-0.2, -0.15) is 13.1 Å². The molecule has 11 heteroatoms. The molecule has 0 spiro atoms. The van der Waals surface area contributed by atoms with Crippen molar-refractivity contribution in [3.8, 4) is 23.0 Å². The molecule has 0 atom stereocenters. The Balaban J connectivity index is 2.11. The van der Waals surface area contributed by atoms with Crippen molar-refractivity contribution in [1.29, 1.82) is 0 Å². The van der Waals surface area contributed by atoms with Gasteiger partial charge in [-0.3, -0.25) is 0 Å². The van der Waals surface area contributed by atoms with Gasteiger partial charge in [-0.25, -0.2) is 8.42 Å². The number of nitrogens with zero attached hydrogens (tertiary/aromatic N) is 1. The Morgan fingerprint density at radius 1 is 0.757 bits per heavy atom. The zero-order chi connectivity index (χ0) is 27.2. The number of sulfonamides is 1. The van der Waals surface area contributed by atoms with Gasteiger partial charge in [0, 0.05) is 47.2 Å². The lowest BCUT2D eigenvalue weighted by Crippen LogP contribution is -2.41. The lowest BCUT2D eigenvalue weighted by Gasteiger charge is -2.28. The predicted octanol–water partition coefficient (Wildman–Crippen LogP) is 5.70. The van der Waals surface area contributed by atoms with Gasteiger partial charge < -0.3 is 18.9 Å². The minimum atomic E-state index is -5.24. The molecule has 0 aliphatic heterocycles. The van der Waals surface area contributed by atoms with Gasteiger partial charge in [-0.15, -0.1) is 0 Å². The highest BCUT2D eigenvalue weighted by Crippen LogP contribution is 2.40. The van der Waals surface area contributed by atoms with E-state index in [4.69, 9.17) is 18.9 Å². The average molecular weight is 600 g/mol. The maximum atomic E-state index is 15.7. The fraction of sp³-hybridized carbons (Fsp3) is 0.308. The molecule has 37 heavy (non-hydrogen) atoms. The quantitative estimate of drug-likeness (QED) is 0.249. The predicted molar refractivity (Wildman–Crippen MR) is 140 cm³/mol. The van der Waals surface area contributed by atoms with E-state index >= 15 is 8.78 Å². The number of hydrogen-bond donors (Lipinski definition) is 0. The third-order valence-electron chi connectivity index (χ3n) is 5.79. The minimum absolute atomic E-state index is 0.297. The van der Waals surface area contributed by atoms with Crippen LogP contribution in [0.2, 0.25) is 0 Å². The number of rotatable bonds is 12. The van der Waals surface area contributed by atoms with Crippen LogP contribution in [0.4, 0.5) is 8.78 Å². The molecule has 0 N–H and O–H groups in total. The van der Waals surface area contributed by atoms with Gasteiger partial charge in [0.2, 0.25) is 0 Å². The third-order valence-corrected chi connectivity index (χ3v) is 8.26. The summed E-state index contributed by atoms with van der Waals surface area (Å²) in [6, 6.07) is 14.6. The van der Waals surface area contributed by atoms with Crippen LogP contribution in [0.5, 0.6) is 23.0 Å². The van der Waals surface area contributed by atoms with E-state index in [0.29, 0.717) is 39.5 Å². The smallest absolute Gasteiger partial charge is 0.384 e. The van der Waals surface area contributed by atoms with Crippen molar-refractivity contribution >= 4 is 26.0 Å². The molecule has 7 nitrogen and oxygen atoms in total. The summed E-state index contributed by atoms with van der Waals surface area (Å²) in [5.41, 5.74) is 0.861. The van der Waals surface area contributed by atoms with Crippen LogP contribution >= 0.6 is 15.9 Å². The number of hydrogen-bond acceptors (Lipinski definition) is 6. The highest BCUT2D eigenvalue weighted by molar-refractivity contribution is 9.08. The van der Waals surface area contributed by atoms with Crippen LogP contribution in [0.25, 0.3) is 0 Å². The molecule has 0 saturated carbocycles. The van der Waals surface area contributed by atoms with Gasteiger partial charge in [0.25, 0.3) is 10.0 Å². The maximum Gasteiger partial charge on any atom is 0.384 e. The lowest BCUT2D eigenvalue weighted by atomic mass is 10.1. The van der Waals surface area contributed by atoms with Crippen LogP contribution in [0.1, 0.15) is 22.3 Å². The SMILES string of the molecule is COc1ccc(CN(Cc2ccc(OC)cc2OC)S(=O)(=O)C(F)(F)c2ccc(CBr)cc2)c(OC)c1. The van der Waals surface area contributed by atoms with Gasteiger partial charge in [0.05, 0.1) is 28.4 Å². The van der Waals surface area contributed by atoms with Crippen molar-refractivity contribution in [3.05, 3.63) is 82.9 Å². The molecule has 0 fully saturated rings. The van der Waals surface area contributed by atoms with E-state index in [1.807, 2.05) is 0 Å². The van der Waals surface area contributed by atoms with E-state index in [2.05, 4.69) is 15.9 Å². The Bertz CT molecular complexity index is 1260. The second kappa shape index (κ2) is 12.1. The third kappa shape index (κ3) is 6.16. The van der Waals surface area contributed by atoms with E-state index in [0.717, 1.165) is 22.0 Å². The van der Waals surface area contributed by atoms with Crippen molar-refractivity contribution in [1.82, 2.24) is 4.31 Å². The van der Waals surface area contributed by atoms with E-state index in [1.54, 1.807) is 36.4 Å². The lowest BCUT2D eigenvalue weighted by molar-refractivity contribution is 0.0803.